The number of rotatable bonds is 5. The number of primary amides is 1. The van der Waals surface area contributed by atoms with Crippen LogP contribution in [0.25, 0.3) is 5.69 Å². The summed E-state index contributed by atoms with van der Waals surface area (Å²) >= 11 is 0. The van der Waals surface area contributed by atoms with Crippen molar-refractivity contribution in [2.45, 2.75) is 26.7 Å². The van der Waals surface area contributed by atoms with Gasteiger partial charge in [0.15, 0.2) is 5.69 Å². The Balaban J connectivity index is 1.81. The van der Waals surface area contributed by atoms with Gasteiger partial charge >= 0.3 is 0 Å². The van der Waals surface area contributed by atoms with Gasteiger partial charge in [-0.2, -0.15) is 0 Å². The number of hydrogen-bond donors (Lipinski definition) is 1. The van der Waals surface area contributed by atoms with Gasteiger partial charge < -0.3 is 15.4 Å². The maximum atomic E-state index is 13.0. The van der Waals surface area contributed by atoms with E-state index in [1.165, 1.54) is 0 Å². The first-order valence-electron chi connectivity index (χ1n) is 8.75. The van der Waals surface area contributed by atoms with Gasteiger partial charge in [0.25, 0.3) is 5.91 Å². The molecule has 8 heteroatoms. The van der Waals surface area contributed by atoms with Crippen molar-refractivity contribution in [3.05, 3.63) is 35.7 Å². The van der Waals surface area contributed by atoms with Crippen LogP contribution in [0.5, 0.6) is 5.75 Å². The van der Waals surface area contributed by atoms with Crippen LogP contribution in [0, 0.1) is 12.8 Å². The number of hydrogen-bond acceptors (Lipinski definition) is 5. The van der Waals surface area contributed by atoms with Gasteiger partial charge in [0.1, 0.15) is 5.75 Å². The van der Waals surface area contributed by atoms with Crippen LogP contribution in [0.15, 0.2) is 24.3 Å². The second kappa shape index (κ2) is 7.55. The molecule has 0 bridgehead atoms. The Morgan fingerprint density at radius 2 is 1.88 bits per heavy atom. The standard InChI is InChI=1S/C18H23N5O3/c1-3-26-15-6-4-14(5-7-15)23-16(12(2)20-21-23)18(25)22-10-8-13(9-11-22)17(19)24/h4-7,13H,3,8-11H2,1-2H3,(H2,19,24). The maximum absolute atomic E-state index is 13.0. The Hall–Kier alpha value is -2.90. The lowest BCUT2D eigenvalue weighted by Gasteiger charge is -2.30. The second-order valence-electron chi connectivity index (χ2n) is 6.33. The lowest BCUT2D eigenvalue weighted by atomic mass is 9.96. The molecule has 1 aliphatic rings. The van der Waals surface area contributed by atoms with E-state index in [2.05, 4.69) is 10.3 Å². The SMILES string of the molecule is CCOc1ccc(-n2nnc(C)c2C(=O)N2CCC(C(N)=O)CC2)cc1. The minimum atomic E-state index is -0.297. The summed E-state index contributed by atoms with van der Waals surface area (Å²) in [5.74, 6) is 0.169. The zero-order chi connectivity index (χ0) is 18.7. The Morgan fingerprint density at radius 1 is 1.23 bits per heavy atom. The third-order valence-corrected chi connectivity index (χ3v) is 4.62. The summed E-state index contributed by atoms with van der Waals surface area (Å²) in [5, 5.41) is 8.20. The molecule has 1 fully saturated rings. The molecular weight excluding hydrogens is 334 g/mol. The van der Waals surface area contributed by atoms with Crippen molar-refractivity contribution >= 4 is 11.8 Å². The van der Waals surface area contributed by atoms with E-state index in [1.54, 1.807) is 16.5 Å². The van der Waals surface area contributed by atoms with Crippen molar-refractivity contribution in [3.8, 4) is 11.4 Å². The number of nitrogens with two attached hydrogens (primary N) is 1. The summed E-state index contributed by atoms with van der Waals surface area (Å²) in [7, 11) is 0. The van der Waals surface area contributed by atoms with E-state index in [-0.39, 0.29) is 17.7 Å². The molecule has 8 nitrogen and oxygen atoms in total. The van der Waals surface area contributed by atoms with E-state index in [0.29, 0.717) is 43.9 Å². The van der Waals surface area contributed by atoms with Gasteiger partial charge in [-0.3, -0.25) is 9.59 Å². The monoisotopic (exact) mass is 357 g/mol. The number of amides is 2. The van der Waals surface area contributed by atoms with Gasteiger partial charge in [-0.25, -0.2) is 4.68 Å². The number of ether oxygens (including phenoxy) is 1. The third kappa shape index (κ3) is 3.54. The third-order valence-electron chi connectivity index (χ3n) is 4.62. The van der Waals surface area contributed by atoms with Crippen molar-refractivity contribution < 1.29 is 14.3 Å². The normalized spacial score (nSPS) is 15.1. The predicted molar refractivity (Wildman–Crippen MR) is 95.1 cm³/mol. The van der Waals surface area contributed by atoms with E-state index >= 15 is 0 Å². The van der Waals surface area contributed by atoms with Crippen LogP contribution in [0.1, 0.15) is 35.9 Å². The summed E-state index contributed by atoms with van der Waals surface area (Å²) in [4.78, 5) is 26.0. The first-order chi connectivity index (χ1) is 12.5. The number of nitrogens with zero attached hydrogens (tertiary/aromatic N) is 4. The largest absolute Gasteiger partial charge is 0.494 e. The lowest BCUT2D eigenvalue weighted by Crippen LogP contribution is -2.42. The topological polar surface area (TPSA) is 103 Å². The molecule has 2 aromatic rings. The highest BCUT2D eigenvalue weighted by Gasteiger charge is 2.29. The first-order valence-corrected chi connectivity index (χ1v) is 8.75. The Morgan fingerprint density at radius 3 is 2.46 bits per heavy atom. The quantitative estimate of drug-likeness (QED) is 0.869. The molecule has 0 aliphatic carbocycles. The van der Waals surface area contributed by atoms with Crippen LogP contribution in [0.2, 0.25) is 0 Å². The van der Waals surface area contributed by atoms with Gasteiger partial charge in [-0.15, -0.1) is 5.10 Å². The fraction of sp³-hybridized carbons (Fsp3) is 0.444. The number of carbonyl (C=O) groups is 2. The number of likely N-dealkylation sites (tertiary alicyclic amines) is 1. The molecular formula is C18H23N5O3. The molecule has 2 heterocycles. The van der Waals surface area contributed by atoms with E-state index < -0.39 is 0 Å². The molecule has 1 aliphatic heterocycles. The number of benzene rings is 1. The van der Waals surface area contributed by atoms with Crippen LogP contribution in [0.3, 0.4) is 0 Å². The Kier molecular flexibility index (Phi) is 5.20. The van der Waals surface area contributed by atoms with Crippen molar-refractivity contribution in [3.63, 3.8) is 0 Å². The van der Waals surface area contributed by atoms with Crippen molar-refractivity contribution in [2.24, 2.45) is 11.7 Å². The van der Waals surface area contributed by atoms with Crippen molar-refractivity contribution in [2.75, 3.05) is 19.7 Å². The van der Waals surface area contributed by atoms with Crippen LogP contribution in [0.4, 0.5) is 0 Å². The molecule has 138 valence electrons. The summed E-state index contributed by atoms with van der Waals surface area (Å²) in [6.07, 6.45) is 1.18. The highest BCUT2D eigenvalue weighted by atomic mass is 16.5. The Labute approximate surface area is 151 Å². The van der Waals surface area contributed by atoms with Crippen LogP contribution in [-0.4, -0.2) is 51.4 Å². The molecule has 26 heavy (non-hydrogen) atoms. The smallest absolute Gasteiger partial charge is 0.274 e. The van der Waals surface area contributed by atoms with E-state index in [9.17, 15) is 9.59 Å². The number of aryl methyl sites for hydroxylation is 1. The van der Waals surface area contributed by atoms with Gasteiger partial charge in [-0.05, 0) is 51.0 Å². The average Bonchev–Trinajstić information content (AvgIpc) is 3.03. The van der Waals surface area contributed by atoms with Crippen LogP contribution < -0.4 is 10.5 Å². The average molecular weight is 357 g/mol. The fourth-order valence-electron chi connectivity index (χ4n) is 3.15. The predicted octanol–water partition coefficient (Wildman–Crippen LogP) is 1.31. The molecule has 3 rings (SSSR count). The number of piperidine rings is 1. The molecule has 0 radical (unpaired) electrons. The minimum Gasteiger partial charge on any atom is -0.494 e. The van der Waals surface area contributed by atoms with Gasteiger partial charge in [-0.1, -0.05) is 5.21 Å². The zero-order valence-electron chi connectivity index (χ0n) is 15.0. The fourth-order valence-corrected chi connectivity index (χ4v) is 3.15. The van der Waals surface area contributed by atoms with E-state index in [0.717, 1.165) is 11.4 Å². The van der Waals surface area contributed by atoms with Crippen LogP contribution in [-0.2, 0) is 4.79 Å². The van der Waals surface area contributed by atoms with E-state index in [4.69, 9.17) is 10.5 Å². The number of aromatic nitrogens is 3. The van der Waals surface area contributed by atoms with Crippen molar-refractivity contribution in [1.29, 1.82) is 0 Å². The van der Waals surface area contributed by atoms with Gasteiger partial charge in [0, 0.05) is 19.0 Å². The molecule has 0 saturated carbocycles. The minimum absolute atomic E-state index is 0.135. The van der Waals surface area contributed by atoms with E-state index in [1.807, 2.05) is 31.2 Å². The molecule has 1 aromatic heterocycles. The molecule has 0 spiro atoms. The van der Waals surface area contributed by atoms with Gasteiger partial charge in [0.05, 0.1) is 18.0 Å². The maximum Gasteiger partial charge on any atom is 0.274 e. The van der Waals surface area contributed by atoms with Gasteiger partial charge in [0.2, 0.25) is 5.91 Å². The molecule has 0 atom stereocenters. The summed E-state index contributed by atoms with van der Waals surface area (Å²) < 4.78 is 7.00. The zero-order valence-corrected chi connectivity index (χ0v) is 15.0. The Bertz CT molecular complexity index is 792. The van der Waals surface area contributed by atoms with Crippen LogP contribution >= 0.6 is 0 Å². The molecule has 1 aromatic carbocycles. The molecule has 2 amide bonds. The summed E-state index contributed by atoms with van der Waals surface area (Å²) in [5.41, 5.74) is 7.11. The second-order valence-corrected chi connectivity index (χ2v) is 6.33. The first kappa shape index (κ1) is 17.9. The molecule has 0 unspecified atom stereocenters. The summed E-state index contributed by atoms with van der Waals surface area (Å²) in [6, 6.07) is 7.36. The van der Waals surface area contributed by atoms with Crippen molar-refractivity contribution in [1.82, 2.24) is 19.9 Å². The molecule has 2 N–H and O–H groups in total. The lowest BCUT2D eigenvalue weighted by molar-refractivity contribution is -0.123. The summed E-state index contributed by atoms with van der Waals surface area (Å²) in [6.45, 7) is 5.28. The number of carbonyl (C=O) groups excluding carboxylic acids is 2. The highest BCUT2D eigenvalue weighted by molar-refractivity contribution is 5.94. The highest BCUT2D eigenvalue weighted by Crippen LogP contribution is 2.22. The molecule has 1 saturated heterocycles.